The normalized spacial score (nSPS) is 22.7. The Morgan fingerprint density at radius 1 is 1.50 bits per heavy atom. The van der Waals surface area contributed by atoms with E-state index >= 15 is 0 Å². The van der Waals surface area contributed by atoms with Gasteiger partial charge in [-0.2, -0.15) is 0 Å². The predicted molar refractivity (Wildman–Crippen MR) is 82.9 cm³/mol. The number of rotatable bonds is 5. The molecule has 1 atom stereocenters. The third-order valence-corrected chi connectivity index (χ3v) is 3.42. The van der Waals surface area contributed by atoms with E-state index in [0.717, 1.165) is 44.0 Å². The molecule has 1 fully saturated rings. The highest BCUT2D eigenvalue weighted by molar-refractivity contribution is 5.43. The van der Waals surface area contributed by atoms with Crippen molar-refractivity contribution in [3.05, 3.63) is 24.0 Å². The molecular weight excluding hydrogens is 250 g/mol. The van der Waals surface area contributed by atoms with Gasteiger partial charge in [-0.1, -0.05) is 6.92 Å². The molecule has 0 aliphatic carbocycles. The third-order valence-electron chi connectivity index (χ3n) is 3.42. The maximum absolute atomic E-state index is 5.94. The number of nitrogens with one attached hydrogen (secondary N) is 1. The second-order valence-corrected chi connectivity index (χ2v) is 6.32. The SMILES string of the molecule is CCCNc1ccnc(CN2CC(C)OC(C)(C)C2)c1. The van der Waals surface area contributed by atoms with Gasteiger partial charge in [0, 0.05) is 38.1 Å². The van der Waals surface area contributed by atoms with E-state index in [4.69, 9.17) is 4.74 Å². The topological polar surface area (TPSA) is 37.4 Å². The van der Waals surface area contributed by atoms with Crippen LogP contribution in [0.2, 0.25) is 0 Å². The summed E-state index contributed by atoms with van der Waals surface area (Å²) in [4.78, 5) is 6.92. The fourth-order valence-electron chi connectivity index (χ4n) is 2.88. The van der Waals surface area contributed by atoms with Crippen LogP contribution in [0.1, 0.15) is 39.8 Å². The number of pyridine rings is 1. The first kappa shape index (κ1) is 15.3. The van der Waals surface area contributed by atoms with Gasteiger partial charge >= 0.3 is 0 Å². The molecule has 0 bridgehead atoms. The smallest absolute Gasteiger partial charge is 0.0757 e. The van der Waals surface area contributed by atoms with Crippen LogP contribution in [-0.4, -0.2) is 41.2 Å². The molecule has 4 heteroatoms. The first-order chi connectivity index (χ1) is 9.48. The van der Waals surface area contributed by atoms with Crippen molar-refractivity contribution in [3.63, 3.8) is 0 Å². The zero-order valence-electron chi connectivity index (χ0n) is 13.1. The first-order valence-electron chi connectivity index (χ1n) is 7.57. The van der Waals surface area contributed by atoms with Crippen molar-refractivity contribution in [2.24, 2.45) is 0 Å². The molecule has 20 heavy (non-hydrogen) atoms. The predicted octanol–water partition coefficient (Wildman–Crippen LogP) is 2.90. The summed E-state index contributed by atoms with van der Waals surface area (Å²) in [5, 5.41) is 3.41. The van der Waals surface area contributed by atoms with Crippen molar-refractivity contribution in [3.8, 4) is 0 Å². The standard InChI is InChI=1S/C16H27N3O/c1-5-7-17-14-6-8-18-15(9-14)11-19-10-13(2)20-16(3,4)12-19/h6,8-9,13H,5,7,10-12H2,1-4H3,(H,17,18). The summed E-state index contributed by atoms with van der Waals surface area (Å²) in [6, 6.07) is 4.19. The average Bonchev–Trinajstić information content (AvgIpc) is 2.34. The molecule has 2 heterocycles. The maximum atomic E-state index is 5.94. The van der Waals surface area contributed by atoms with E-state index in [9.17, 15) is 0 Å². The Morgan fingerprint density at radius 3 is 3.00 bits per heavy atom. The van der Waals surface area contributed by atoms with Crippen LogP contribution >= 0.6 is 0 Å². The minimum atomic E-state index is -0.0737. The molecule has 1 N–H and O–H groups in total. The molecule has 0 saturated carbocycles. The Balaban J connectivity index is 1.98. The molecule has 0 spiro atoms. The Morgan fingerprint density at radius 2 is 2.30 bits per heavy atom. The molecule has 1 aromatic heterocycles. The van der Waals surface area contributed by atoms with Gasteiger partial charge in [0.2, 0.25) is 0 Å². The second kappa shape index (κ2) is 6.55. The Labute approximate surface area is 122 Å². The van der Waals surface area contributed by atoms with Gasteiger partial charge in [-0.05, 0) is 39.3 Å². The molecule has 1 unspecified atom stereocenters. The summed E-state index contributed by atoms with van der Waals surface area (Å²) in [5.41, 5.74) is 2.21. The Hall–Kier alpha value is -1.13. The van der Waals surface area contributed by atoms with Gasteiger partial charge in [0.15, 0.2) is 0 Å². The molecule has 1 aliphatic rings. The molecule has 1 saturated heterocycles. The molecule has 0 aromatic carbocycles. The van der Waals surface area contributed by atoms with Crippen LogP contribution in [0, 0.1) is 0 Å². The van der Waals surface area contributed by atoms with Crippen molar-refractivity contribution in [2.75, 3.05) is 25.0 Å². The summed E-state index contributed by atoms with van der Waals surface area (Å²) in [6.07, 6.45) is 3.30. The number of hydrogen-bond donors (Lipinski definition) is 1. The first-order valence-corrected chi connectivity index (χ1v) is 7.57. The van der Waals surface area contributed by atoms with Gasteiger partial charge in [-0.15, -0.1) is 0 Å². The molecule has 0 radical (unpaired) electrons. The van der Waals surface area contributed by atoms with Gasteiger partial charge in [-0.25, -0.2) is 0 Å². The van der Waals surface area contributed by atoms with E-state index in [0.29, 0.717) is 0 Å². The van der Waals surface area contributed by atoms with E-state index < -0.39 is 0 Å². The summed E-state index contributed by atoms with van der Waals surface area (Å²) in [5.74, 6) is 0. The van der Waals surface area contributed by atoms with Crippen molar-refractivity contribution in [2.45, 2.75) is 52.4 Å². The molecule has 1 aromatic rings. The molecule has 112 valence electrons. The highest BCUT2D eigenvalue weighted by Crippen LogP contribution is 2.22. The van der Waals surface area contributed by atoms with Crippen molar-refractivity contribution in [1.29, 1.82) is 0 Å². The second-order valence-electron chi connectivity index (χ2n) is 6.32. The number of anilines is 1. The molecule has 1 aliphatic heterocycles. The summed E-state index contributed by atoms with van der Waals surface area (Å²) in [7, 11) is 0. The van der Waals surface area contributed by atoms with Gasteiger partial charge in [-0.3, -0.25) is 9.88 Å². The van der Waals surface area contributed by atoms with Crippen molar-refractivity contribution >= 4 is 5.69 Å². The van der Waals surface area contributed by atoms with Crippen LogP contribution in [0.3, 0.4) is 0 Å². The lowest BCUT2D eigenvalue weighted by Crippen LogP contribution is -2.51. The Kier molecular flexibility index (Phi) is 5.00. The quantitative estimate of drug-likeness (QED) is 0.898. The lowest BCUT2D eigenvalue weighted by Gasteiger charge is -2.41. The summed E-state index contributed by atoms with van der Waals surface area (Å²) < 4.78 is 5.94. The highest BCUT2D eigenvalue weighted by atomic mass is 16.5. The zero-order chi connectivity index (χ0) is 14.6. The van der Waals surface area contributed by atoms with Crippen molar-refractivity contribution in [1.82, 2.24) is 9.88 Å². The minimum absolute atomic E-state index is 0.0737. The van der Waals surface area contributed by atoms with Crippen LogP contribution in [-0.2, 0) is 11.3 Å². The van der Waals surface area contributed by atoms with Gasteiger partial charge < -0.3 is 10.1 Å². The fraction of sp³-hybridized carbons (Fsp3) is 0.688. The van der Waals surface area contributed by atoms with E-state index in [2.05, 4.69) is 49.0 Å². The summed E-state index contributed by atoms with van der Waals surface area (Å²) in [6.45, 7) is 12.4. The molecule has 2 rings (SSSR count). The monoisotopic (exact) mass is 277 g/mol. The van der Waals surface area contributed by atoms with E-state index in [-0.39, 0.29) is 11.7 Å². The Bertz CT molecular complexity index is 433. The number of ether oxygens (including phenoxy) is 1. The van der Waals surface area contributed by atoms with Gasteiger partial charge in [0.05, 0.1) is 17.4 Å². The third kappa shape index (κ3) is 4.46. The van der Waals surface area contributed by atoms with Crippen LogP contribution in [0.25, 0.3) is 0 Å². The lowest BCUT2D eigenvalue weighted by atomic mass is 10.1. The molecule has 4 nitrogen and oxygen atoms in total. The maximum Gasteiger partial charge on any atom is 0.0757 e. The largest absolute Gasteiger partial charge is 0.385 e. The van der Waals surface area contributed by atoms with Crippen LogP contribution < -0.4 is 5.32 Å². The van der Waals surface area contributed by atoms with E-state index in [1.165, 1.54) is 0 Å². The number of nitrogens with zero attached hydrogens (tertiary/aromatic N) is 2. The van der Waals surface area contributed by atoms with Gasteiger partial charge in [0.25, 0.3) is 0 Å². The van der Waals surface area contributed by atoms with Crippen molar-refractivity contribution < 1.29 is 4.74 Å². The molecular formula is C16H27N3O. The lowest BCUT2D eigenvalue weighted by molar-refractivity contribution is -0.130. The van der Waals surface area contributed by atoms with E-state index in [1.54, 1.807) is 0 Å². The van der Waals surface area contributed by atoms with Gasteiger partial charge in [0.1, 0.15) is 0 Å². The zero-order valence-corrected chi connectivity index (χ0v) is 13.1. The average molecular weight is 277 g/mol. The number of hydrogen-bond acceptors (Lipinski definition) is 4. The highest BCUT2D eigenvalue weighted by Gasteiger charge is 2.31. The van der Waals surface area contributed by atoms with Crippen LogP contribution in [0.4, 0.5) is 5.69 Å². The van der Waals surface area contributed by atoms with Crippen LogP contribution in [0.5, 0.6) is 0 Å². The number of morpholine rings is 1. The van der Waals surface area contributed by atoms with Crippen LogP contribution in [0.15, 0.2) is 18.3 Å². The summed E-state index contributed by atoms with van der Waals surface area (Å²) >= 11 is 0. The minimum Gasteiger partial charge on any atom is -0.385 e. The number of aromatic nitrogens is 1. The fourth-order valence-corrected chi connectivity index (χ4v) is 2.88. The molecule has 0 amide bonds. The van der Waals surface area contributed by atoms with E-state index in [1.807, 2.05) is 12.3 Å².